The quantitative estimate of drug-likeness (QED) is 0.884. The second kappa shape index (κ2) is 5.07. The molecule has 0 aliphatic carbocycles. The van der Waals surface area contributed by atoms with Gasteiger partial charge in [-0.1, -0.05) is 0 Å². The van der Waals surface area contributed by atoms with Gasteiger partial charge in [-0.05, 0) is 25.5 Å². The number of alkyl halides is 2. The minimum Gasteiger partial charge on any atom is -0.443 e. The van der Waals surface area contributed by atoms with Crippen LogP contribution in [0.3, 0.4) is 0 Å². The van der Waals surface area contributed by atoms with Crippen LogP contribution in [0.5, 0.6) is 0 Å². The molecule has 1 amide bonds. The van der Waals surface area contributed by atoms with Crippen molar-refractivity contribution < 1.29 is 18.3 Å². The highest BCUT2D eigenvalue weighted by atomic mass is 19.3. The molecule has 0 atom stereocenters. The van der Waals surface area contributed by atoms with E-state index in [0.29, 0.717) is 5.56 Å². The number of primary amides is 1. The van der Waals surface area contributed by atoms with Crippen LogP contribution in [0.1, 0.15) is 31.4 Å². The van der Waals surface area contributed by atoms with Crippen molar-refractivity contribution >= 4 is 6.09 Å². The predicted molar refractivity (Wildman–Crippen MR) is 57.6 cm³/mol. The van der Waals surface area contributed by atoms with Crippen molar-refractivity contribution in [3.05, 3.63) is 29.6 Å². The molecule has 0 saturated carbocycles. The Morgan fingerprint density at radius 3 is 2.71 bits per heavy atom. The normalized spacial score (nSPS) is 11.6. The first-order valence-electron chi connectivity index (χ1n) is 5.00. The summed E-state index contributed by atoms with van der Waals surface area (Å²) in [4.78, 5) is 14.4. The first-order chi connectivity index (χ1) is 7.80. The highest BCUT2D eigenvalue weighted by molar-refractivity contribution is 5.65. The van der Waals surface area contributed by atoms with Gasteiger partial charge >= 0.3 is 6.09 Å². The van der Waals surface area contributed by atoms with Gasteiger partial charge in [-0.2, -0.15) is 0 Å². The number of carbonyl (C=O) groups excluding carboxylic acids is 1. The Labute approximate surface area is 97.8 Å². The number of aromatic nitrogens is 1. The van der Waals surface area contributed by atoms with E-state index in [1.807, 2.05) is 0 Å². The highest BCUT2D eigenvalue weighted by Crippen LogP contribution is 2.22. The Kier molecular flexibility index (Phi) is 3.98. The van der Waals surface area contributed by atoms with E-state index in [2.05, 4.69) is 4.98 Å². The predicted octanol–water partition coefficient (Wildman–Crippen LogP) is 2.44. The number of pyridine rings is 1. The van der Waals surface area contributed by atoms with Crippen molar-refractivity contribution in [2.45, 2.75) is 32.3 Å². The second-order valence-electron chi connectivity index (χ2n) is 4.28. The third-order valence-electron chi connectivity index (χ3n) is 2.07. The van der Waals surface area contributed by atoms with Crippen molar-refractivity contribution in [3.63, 3.8) is 0 Å². The molecule has 1 heterocycles. The van der Waals surface area contributed by atoms with Crippen molar-refractivity contribution in [2.24, 2.45) is 5.73 Å². The van der Waals surface area contributed by atoms with E-state index in [-0.39, 0.29) is 12.0 Å². The lowest BCUT2D eigenvalue weighted by molar-refractivity contribution is 0.0458. The summed E-state index contributed by atoms with van der Waals surface area (Å²) in [5.74, 6) is 0. The zero-order valence-electron chi connectivity index (χ0n) is 9.61. The number of amides is 1. The summed E-state index contributed by atoms with van der Waals surface area (Å²) in [6.45, 7) is 3.29. The molecule has 1 aromatic heterocycles. The van der Waals surface area contributed by atoms with Crippen LogP contribution in [0.2, 0.25) is 0 Å². The number of nitrogens with zero attached hydrogens (tertiary/aromatic N) is 1. The fraction of sp³-hybridized carbons (Fsp3) is 0.455. The van der Waals surface area contributed by atoms with Gasteiger partial charge in [-0.25, -0.2) is 13.6 Å². The molecular weight excluding hydrogens is 230 g/mol. The summed E-state index contributed by atoms with van der Waals surface area (Å²) in [7, 11) is 0. The smallest absolute Gasteiger partial charge is 0.405 e. The zero-order chi connectivity index (χ0) is 13.1. The lowest BCUT2D eigenvalue weighted by atomic mass is 9.99. The van der Waals surface area contributed by atoms with Crippen molar-refractivity contribution in [2.75, 3.05) is 0 Å². The molecule has 0 aliphatic rings. The molecule has 6 heteroatoms. The van der Waals surface area contributed by atoms with Gasteiger partial charge in [0.15, 0.2) is 0 Å². The Bertz CT molecular complexity index is 408. The van der Waals surface area contributed by atoms with Gasteiger partial charge in [0.1, 0.15) is 5.60 Å². The molecule has 0 radical (unpaired) electrons. The molecule has 0 saturated heterocycles. The van der Waals surface area contributed by atoms with Crippen LogP contribution in [0.4, 0.5) is 13.6 Å². The summed E-state index contributed by atoms with van der Waals surface area (Å²) in [6.07, 6.45) is -0.631. The van der Waals surface area contributed by atoms with Gasteiger partial charge in [0, 0.05) is 24.4 Å². The molecule has 94 valence electrons. The minimum absolute atomic E-state index is 0.155. The standard InChI is InChI=1S/C11H14F2N2O2/c1-11(2,17-10(14)16)4-7-3-8(9(12)13)6-15-5-7/h3,5-6,9H,4H2,1-2H3,(H2,14,16). The number of rotatable bonds is 4. The summed E-state index contributed by atoms with van der Waals surface area (Å²) < 4.78 is 29.8. The fourth-order valence-electron chi connectivity index (χ4n) is 1.52. The van der Waals surface area contributed by atoms with E-state index in [9.17, 15) is 13.6 Å². The van der Waals surface area contributed by atoms with Crippen LogP contribution < -0.4 is 5.73 Å². The molecule has 17 heavy (non-hydrogen) atoms. The number of hydrogen-bond donors (Lipinski definition) is 1. The van der Waals surface area contributed by atoms with Crippen molar-refractivity contribution in [3.8, 4) is 0 Å². The number of nitrogens with two attached hydrogens (primary N) is 1. The Morgan fingerprint density at radius 1 is 1.53 bits per heavy atom. The van der Waals surface area contributed by atoms with Gasteiger partial charge in [-0.3, -0.25) is 4.98 Å². The molecule has 1 aromatic rings. The summed E-state index contributed by atoms with van der Waals surface area (Å²) >= 11 is 0. The molecule has 0 fully saturated rings. The first kappa shape index (κ1) is 13.3. The van der Waals surface area contributed by atoms with Crippen molar-refractivity contribution in [1.82, 2.24) is 4.98 Å². The van der Waals surface area contributed by atoms with Crippen LogP contribution in [-0.4, -0.2) is 16.7 Å². The molecule has 0 spiro atoms. The molecule has 0 bridgehead atoms. The summed E-state index contributed by atoms with van der Waals surface area (Å²) in [5.41, 5.74) is 4.47. The molecular formula is C11H14F2N2O2. The largest absolute Gasteiger partial charge is 0.443 e. The van der Waals surface area contributed by atoms with E-state index in [4.69, 9.17) is 10.5 Å². The Morgan fingerprint density at radius 2 is 2.18 bits per heavy atom. The lowest BCUT2D eigenvalue weighted by Gasteiger charge is -2.23. The van der Waals surface area contributed by atoms with Gasteiger partial charge < -0.3 is 10.5 Å². The maximum atomic E-state index is 12.4. The van der Waals surface area contributed by atoms with Crippen LogP contribution in [0.15, 0.2) is 18.5 Å². The van der Waals surface area contributed by atoms with Gasteiger partial charge in [0.05, 0.1) is 0 Å². The van der Waals surface area contributed by atoms with Gasteiger partial charge in [0.25, 0.3) is 6.43 Å². The summed E-state index contributed by atoms with van der Waals surface area (Å²) in [5, 5.41) is 0. The molecule has 0 aliphatic heterocycles. The second-order valence-corrected chi connectivity index (χ2v) is 4.28. The molecule has 1 rings (SSSR count). The molecule has 0 aromatic carbocycles. The van der Waals surface area contributed by atoms with Gasteiger partial charge in [-0.15, -0.1) is 0 Å². The highest BCUT2D eigenvalue weighted by Gasteiger charge is 2.23. The lowest BCUT2D eigenvalue weighted by Crippen LogP contribution is -2.33. The minimum atomic E-state index is -2.57. The Balaban J connectivity index is 2.80. The third kappa shape index (κ3) is 4.34. The number of carbonyl (C=O) groups is 1. The summed E-state index contributed by atoms with van der Waals surface area (Å²) in [6, 6.07) is 1.34. The molecule has 2 N–H and O–H groups in total. The van der Waals surface area contributed by atoms with E-state index in [0.717, 1.165) is 6.20 Å². The molecule has 4 nitrogen and oxygen atoms in total. The van der Waals surface area contributed by atoms with E-state index in [1.165, 1.54) is 12.3 Å². The third-order valence-corrected chi connectivity index (χ3v) is 2.07. The maximum Gasteiger partial charge on any atom is 0.405 e. The van der Waals surface area contributed by atoms with E-state index < -0.39 is 18.1 Å². The van der Waals surface area contributed by atoms with Crippen LogP contribution in [0.25, 0.3) is 0 Å². The SMILES string of the molecule is CC(C)(Cc1cncc(C(F)F)c1)OC(N)=O. The average molecular weight is 244 g/mol. The monoisotopic (exact) mass is 244 g/mol. The van der Waals surface area contributed by atoms with E-state index in [1.54, 1.807) is 13.8 Å². The van der Waals surface area contributed by atoms with Crippen molar-refractivity contribution in [1.29, 1.82) is 0 Å². The van der Waals surface area contributed by atoms with E-state index >= 15 is 0 Å². The number of halogens is 2. The zero-order valence-corrected chi connectivity index (χ0v) is 9.61. The van der Waals surface area contributed by atoms with Gasteiger partial charge in [0.2, 0.25) is 0 Å². The van der Waals surface area contributed by atoms with Crippen LogP contribution >= 0.6 is 0 Å². The first-order valence-corrected chi connectivity index (χ1v) is 5.00. The van der Waals surface area contributed by atoms with Crippen LogP contribution in [-0.2, 0) is 11.2 Å². The average Bonchev–Trinajstić information content (AvgIpc) is 2.14. The maximum absolute atomic E-state index is 12.4. The van der Waals surface area contributed by atoms with Crippen LogP contribution in [0, 0.1) is 0 Å². The fourth-order valence-corrected chi connectivity index (χ4v) is 1.52. The number of ether oxygens (including phenoxy) is 1. The topological polar surface area (TPSA) is 65.2 Å². The number of hydrogen-bond acceptors (Lipinski definition) is 3. The molecule has 0 unspecified atom stereocenters. The Hall–Kier alpha value is -1.72.